The average Bonchev–Trinajstić information content (AvgIpc) is 3.01. The van der Waals surface area contributed by atoms with Crippen LogP contribution in [0.1, 0.15) is 47.9 Å². The Kier molecular flexibility index (Phi) is 7.13. The molecule has 1 aliphatic heterocycles. The predicted molar refractivity (Wildman–Crippen MR) is 121 cm³/mol. The van der Waals surface area contributed by atoms with Gasteiger partial charge in [-0.05, 0) is 44.5 Å². The maximum atomic E-state index is 13.3. The first kappa shape index (κ1) is 23.7. The van der Waals surface area contributed by atoms with Crippen molar-refractivity contribution < 1.29 is 23.9 Å². The van der Waals surface area contributed by atoms with Crippen molar-refractivity contribution in [1.82, 2.24) is 10.9 Å². The van der Waals surface area contributed by atoms with Crippen molar-refractivity contribution in [3.63, 3.8) is 0 Å². The zero-order valence-electron chi connectivity index (χ0n) is 18.1. The van der Waals surface area contributed by atoms with Gasteiger partial charge < -0.3 is 4.74 Å². The second-order valence-corrected chi connectivity index (χ2v) is 9.14. The van der Waals surface area contributed by atoms with Crippen molar-refractivity contribution in [2.24, 2.45) is 17.8 Å². The molecule has 8 heteroatoms. The Balaban J connectivity index is 1.82. The van der Waals surface area contributed by atoms with Gasteiger partial charge in [0.25, 0.3) is 11.8 Å². The number of Topliss-reactive ketones (excluding diaryl/α,β-unsaturated/α-hetero) is 1. The lowest BCUT2D eigenvalue weighted by atomic mass is 9.70. The fourth-order valence-corrected chi connectivity index (χ4v) is 4.48. The number of halogens is 1. The lowest BCUT2D eigenvalue weighted by Crippen LogP contribution is -2.49. The van der Waals surface area contributed by atoms with Crippen molar-refractivity contribution in [2.75, 3.05) is 0 Å². The van der Waals surface area contributed by atoms with E-state index in [4.69, 9.17) is 4.74 Å². The van der Waals surface area contributed by atoms with Gasteiger partial charge >= 0.3 is 5.97 Å². The molecule has 2 N–H and O–H groups in total. The molecule has 7 nitrogen and oxygen atoms in total. The quantitative estimate of drug-likeness (QED) is 0.272. The van der Waals surface area contributed by atoms with E-state index in [-0.39, 0.29) is 5.78 Å². The number of ketones is 1. The summed E-state index contributed by atoms with van der Waals surface area (Å²) in [4.78, 5) is 51.2. The van der Waals surface area contributed by atoms with Gasteiger partial charge in [-0.15, -0.1) is 0 Å². The van der Waals surface area contributed by atoms with E-state index in [2.05, 4.69) is 26.8 Å². The number of carbonyl (C=O) groups excluding carboxylic acids is 4. The summed E-state index contributed by atoms with van der Waals surface area (Å²) in [5.74, 6) is -4.67. The molecule has 0 radical (unpaired) electrons. The maximum Gasteiger partial charge on any atom is 0.319 e. The summed E-state index contributed by atoms with van der Waals surface area (Å²) in [6, 6.07) is 15.3. The van der Waals surface area contributed by atoms with E-state index in [0.29, 0.717) is 17.5 Å². The van der Waals surface area contributed by atoms with E-state index in [0.717, 1.165) is 4.47 Å². The van der Waals surface area contributed by atoms with E-state index in [1.165, 1.54) is 0 Å². The SMILES string of the molecule is CCC(C(=O)c1ccc(Br)cc1)C1C(C(=O)NNC(=O)c2ccccc2)C(=O)OC1(C)C. The van der Waals surface area contributed by atoms with Crippen LogP contribution in [0, 0.1) is 17.8 Å². The van der Waals surface area contributed by atoms with Gasteiger partial charge in [0.2, 0.25) is 0 Å². The van der Waals surface area contributed by atoms with Gasteiger partial charge in [-0.1, -0.05) is 53.2 Å². The number of carbonyl (C=O) groups is 4. The highest BCUT2D eigenvalue weighted by atomic mass is 79.9. The fraction of sp³-hybridized carbons (Fsp3) is 0.333. The molecule has 3 unspecified atom stereocenters. The number of hydrogen-bond donors (Lipinski definition) is 2. The molecule has 2 amide bonds. The van der Waals surface area contributed by atoms with Crippen LogP contribution in [0.5, 0.6) is 0 Å². The van der Waals surface area contributed by atoms with Crippen LogP contribution in [0.2, 0.25) is 0 Å². The molecule has 3 atom stereocenters. The van der Waals surface area contributed by atoms with Gasteiger partial charge in [0.1, 0.15) is 11.5 Å². The Hall–Kier alpha value is -3.00. The normalized spacial score (nSPS) is 20.2. The van der Waals surface area contributed by atoms with E-state index in [1.807, 2.05) is 6.92 Å². The molecule has 1 fully saturated rings. The van der Waals surface area contributed by atoms with Crippen molar-refractivity contribution in [1.29, 1.82) is 0 Å². The van der Waals surface area contributed by atoms with Crippen molar-refractivity contribution >= 4 is 39.5 Å². The van der Waals surface area contributed by atoms with Gasteiger partial charge in [0.15, 0.2) is 5.78 Å². The molecule has 168 valence electrons. The van der Waals surface area contributed by atoms with Crippen LogP contribution >= 0.6 is 15.9 Å². The summed E-state index contributed by atoms with van der Waals surface area (Å²) in [6.45, 7) is 5.23. The summed E-state index contributed by atoms with van der Waals surface area (Å²) < 4.78 is 6.34. The topological polar surface area (TPSA) is 102 Å². The lowest BCUT2D eigenvalue weighted by Gasteiger charge is -2.32. The minimum atomic E-state index is -1.23. The number of benzene rings is 2. The summed E-state index contributed by atoms with van der Waals surface area (Å²) in [5, 5.41) is 0. The number of hydrazine groups is 1. The molecule has 0 aromatic heterocycles. The summed E-state index contributed by atoms with van der Waals surface area (Å²) >= 11 is 3.35. The number of nitrogens with one attached hydrogen (secondary N) is 2. The van der Waals surface area contributed by atoms with Crippen molar-refractivity contribution in [3.8, 4) is 0 Å². The molecule has 0 saturated carbocycles. The molecular formula is C24H25BrN2O5. The Labute approximate surface area is 195 Å². The first-order chi connectivity index (χ1) is 15.2. The van der Waals surface area contributed by atoms with Crippen LogP contribution in [-0.4, -0.2) is 29.2 Å². The number of hydrogen-bond acceptors (Lipinski definition) is 5. The number of amides is 2. The molecule has 0 bridgehead atoms. The molecule has 1 aliphatic rings. The molecule has 2 aromatic rings. The molecule has 2 aromatic carbocycles. The van der Waals surface area contributed by atoms with Crippen molar-refractivity contribution in [3.05, 3.63) is 70.2 Å². The summed E-state index contributed by atoms with van der Waals surface area (Å²) in [7, 11) is 0. The van der Waals surface area contributed by atoms with Gasteiger partial charge in [-0.25, -0.2) is 0 Å². The first-order valence-electron chi connectivity index (χ1n) is 10.3. The predicted octanol–water partition coefficient (Wildman–Crippen LogP) is 3.69. The van der Waals surface area contributed by atoms with Crippen LogP contribution in [0.4, 0.5) is 0 Å². The zero-order valence-corrected chi connectivity index (χ0v) is 19.6. The van der Waals surface area contributed by atoms with E-state index in [1.54, 1.807) is 68.4 Å². The number of cyclic esters (lactones) is 1. The zero-order chi connectivity index (χ0) is 23.5. The fourth-order valence-electron chi connectivity index (χ4n) is 4.21. The molecule has 1 heterocycles. The van der Waals surface area contributed by atoms with Crippen LogP contribution in [0.3, 0.4) is 0 Å². The molecule has 0 aliphatic carbocycles. The van der Waals surface area contributed by atoms with Crippen LogP contribution in [-0.2, 0) is 14.3 Å². The molecule has 3 rings (SSSR count). The lowest BCUT2D eigenvalue weighted by molar-refractivity contribution is -0.150. The minimum absolute atomic E-state index is 0.164. The second kappa shape index (κ2) is 9.65. The largest absolute Gasteiger partial charge is 0.459 e. The Morgan fingerprint density at radius 3 is 2.22 bits per heavy atom. The summed E-state index contributed by atoms with van der Waals surface area (Å²) in [6.07, 6.45) is 0.416. The van der Waals surface area contributed by atoms with Gasteiger partial charge in [-0.2, -0.15) is 0 Å². The third-order valence-electron chi connectivity index (χ3n) is 5.74. The number of ether oxygens (including phenoxy) is 1. The molecular weight excluding hydrogens is 476 g/mol. The Bertz CT molecular complexity index is 1020. The van der Waals surface area contributed by atoms with E-state index in [9.17, 15) is 19.2 Å². The highest BCUT2D eigenvalue weighted by Gasteiger charge is 2.57. The number of esters is 1. The molecule has 0 spiro atoms. The summed E-state index contributed by atoms with van der Waals surface area (Å²) in [5.41, 5.74) is 4.48. The standard InChI is InChI=1S/C24H25BrN2O5/c1-4-17(20(28)14-10-12-16(25)13-11-14)19-18(23(31)32-24(19,2)3)22(30)27-26-21(29)15-8-6-5-7-9-15/h5-13,17-19H,4H2,1-3H3,(H,26,29)(H,27,30). The molecule has 32 heavy (non-hydrogen) atoms. The van der Waals surface area contributed by atoms with Crippen molar-refractivity contribution in [2.45, 2.75) is 32.8 Å². The number of rotatable bonds is 6. The third-order valence-corrected chi connectivity index (χ3v) is 6.26. The minimum Gasteiger partial charge on any atom is -0.459 e. The first-order valence-corrected chi connectivity index (χ1v) is 11.1. The Morgan fingerprint density at radius 1 is 1.00 bits per heavy atom. The van der Waals surface area contributed by atoms with Crippen LogP contribution < -0.4 is 10.9 Å². The van der Waals surface area contributed by atoms with E-state index < -0.39 is 41.1 Å². The maximum absolute atomic E-state index is 13.3. The Morgan fingerprint density at radius 2 is 1.62 bits per heavy atom. The van der Waals surface area contributed by atoms with Gasteiger partial charge in [0, 0.05) is 27.4 Å². The van der Waals surface area contributed by atoms with Gasteiger partial charge in [0.05, 0.1) is 0 Å². The van der Waals surface area contributed by atoms with Gasteiger partial charge in [-0.3, -0.25) is 30.0 Å². The molecule has 1 saturated heterocycles. The monoisotopic (exact) mass is 500 g/mol. The smallest absolute Gasteiger partial charge is 0.319 e. The van der Waals surface area contributed by atoms with Crippen LogP contribution in [0.25, 0.3) is 0 Å². The third kappa shape index (κ3) is 4.91. The van der Waals surface area contributed by atoms with Crippen LogP contribution in [0.15, 0.2) is 59.1 Å². The average molecular weight is 501 g/mol. The highest BCUT2D eigenvalue weighted by molar-refractivity contribution is 9.10. The van der Waals surface area contributed by atoms with E-state index >= 15 is 0 Å². The second-order valence-electron chi connectivity index (χ2n) is 8.22. The highest BCUT2D eigenvalue weighted by Crippen LogP contribution is 2.44.